The van der Waals surface area contributed by atoms with E-state index in [9.17, 15) is 23.2 Å². The van der Waals surface area contributed by atoms with Crippen molar-refractivity contribution in [2.24, 2.45) is 11.1 Å². The van der Waals surface area contributed by atoms with E-state index in [1.165, 1.54) is 28.8 Å². The fourth-order valence-electron chi connectivity index (χ4n) is 3.95. The van der Waals surface area contributed by atoms with Gasteiger partial charge in [0.05, 0.1) is 4.90 Å². The first kappa shape index (κ1) is 25.3. The lowest BCUT2D eigenvalue weighted by atomic mass is 10.0. The first-order chi connectivity index (χ1) is 15.7. The molecule has 3 rings (SSSR count). The predicted octanol–water partition coefficient (Wildman–Crippen LogP) is 2.30. The number of amides is 2. The van der Waals surface area contributed by atoms with Gasteiger partial charge in [-0.1, -0.05) is 43.3 Å². The van der Waals surface area contributed by atoms with Crippen LogP contribution in [-0.4, -0.2) is 60.6 Å². The predicted molar refractivity (Wildman–Crippen MR) is 127 cm³/mol. The minimum atomic E-state index is -3.91. The van der Waals surface area contributed by atoms with Crippen LogP contribution < -0.4 is 10.0 Å². The van der Waals surface area contributed by atoms with E-state index in [1.54, 1.807) is 18.2 Å². The van der Waals surface area contributed by atoms with E-state index in [0.29, 0.717) is 30.7 Å². The summed E-state index contributed by atoms with van der Waals surface area (Å²) in [4.78, 5) is 28.6. The number of allylic oxidation sites excluding steroid dienone is 1. The topological polar surface area (TPSA) is 128 Å². The number of carbonyl (C=O) groups is 2. The highest BCUT2D eigenvalue weighted by Crippen LogP contribution is 2.26. The van der Waals surface area contributed by atoms with Crippen molar-refractivity contribution in [3.05, 3.63) is 41.3 Å². The summed E-state index contributed by atoms with van der Waals surface area (Å²) in [6, 6.07) is 6.13. The summed E-state index contributed by atoms with van der Waals surface area (Å²) >= 11 is 1.48. The molecule has 0 bridgehead atoms. The standard InChI is InChI=1S/C22H30N4O5S2/c1-15(2)14-17(25-33(30,31)16-8-4-3-5-9-16)22(28)26-12-6-10-18(26)21(27)23-20(24-29)19-11-7-13-32-19/h3-5,8-9,11,15,17-18,25,29H,6-7,10,12-14H2,1-2H3,(H,23,24,27)/t17-,18+/m1/s1. The van der Waals surface area contributed by atoms with Gasteiger partial charge in [-0.05, 0) is 43.7 Å². The molecular formula is C22H30N4O5S2. The molecule has 0 saturated carbocycles. The molecule has 0 aromatic heterocycles. The van der Waals surface area contributed by atoms with Crippen LogP contribution in [0.25, 0.3) is 0 Å². The number of sulfonamides is 1. The number of rotatable bonds is 8. The molecule has 11 heteroatoms. The maximum absolute atomic E-state index is 13.4. The van der Waals surface area contributed by atoms with Crippen LogP contribution in [0.3, 0.4) is 0 Å². The van der Waals surface area contributed by atoms with Crippen LogP contribution in [0.15, 0.2) is 51.4 Å². The number of benzene rings is 1. The Morgan fingerprint density at radius 3 is 2.61 bits per heavy atom. The van der Waals surface area contributed by atoms with Crippen LogP contribution in [0.5, 0.6) is 0 Å². The lowest BCUT2D eigenvalue weighted by Crippen LogP contribution is -2.54. The van der Waals surface area contributed by atoms with Crippen LogP contribution in [0.2, 0.25) is 0 Å². The Kier molecular flexibility index (Phi) is 8.55. The molecular weight excluding hydrogens is 464 g/mol. The van der Waals surface area contributed by atoms with Gasteiger partial charge in [0.15, 0.2) is 5.84 Å². The van der Waals surface area contributed by atoms with Crippen LogP contribution in [-0.2, 0) is 19.6 Å². The number of hydrogen-bond donors (Lipinski definition) is 3. The van der Waals surface area contributed by atoms with Gasteiger partial charge < -0.3 is 15.4 Å². The Morgan fingerprint density at radius 1 is 1.27 bits per heavy atom. The highest BCUT2D eigenvalue weighted by molar-refractivity contribution is 8.04. The summed E-state index contributed by atoms with van der Waals surface area (Å²) in [5.74, 6) is 0.0857. The fourth-order valence-corrected chi connectivity index (χ4v) is 6.09. The Labute approximate surface area is 198 Å². The van der Waals surface area contributed by atoms with Gasteiger partial charge in [0, 0.05) is 17.2 Å². The molecule has 33 heavy (non-hydrogen) atoms. The number of likely N-dealkylation sites (tertiary alicyclic amines) is 1. The van der Waals surface area contributed by atoms with Gasteiger partial charge in [0.25, 0.3) is 0 Å². The molecule has 2 heterocycles. The Hall–Kier alpha value is -2.37. The maximum atomic E-state index is 13.4. The number of hydrogen-bond acceptors (Lipinski definition) is 7. The average molecular weight is 495 g/mol. The van der Waals surface area contributed by atoms with Gasteiger partial charge in [-0.15, -0.1) is 11.8 Å². The van der Waals surface area contributed by atoms with Gasteiger partial charge in [0.2, 0.25) is 21.8 Å². The molecule has 1 fully saturated rings. The van der Waals surface area contributed by atoms with Crippen molar-refractivity contribution >= 4 is 39.4 Å². The molecule has 0 radical (unpaired) electrons. The van der Waals surface area contributed by atoms with Crippen molar-refractivity contribution in [1.82, 2.24) is 14.9 Å². The number of oxime groups is 1. The van der Waals surface area contributed by atoms with Gasteiger partial charge in [-0.3, -0.25) is 9.59 Å². The average Bonchev–Trinajstić information content (AvgIpc) is 3.49. The normalized spacial score (nSPS) is 20.1. The summed E-state index contributed by atoms with van der Waals surface area (Å²) in [6.45, 7) is 4.16. The smallest absolute Gasteiger partial charge is 0.248 e. The summed E-state index contributed by atoms with van der Waals surface area (Å²) in [7, 11) is -3.91. The monoisotopic (exact) mass is 494 g/mol. The molecule has 3 N–H and O–H groups in total. The second-order valence-corrected chi connectivity index (χ2v) is 11.3. The maximum Gasteiger partial charge on any atom is 0.248 e. The second kappa shape index (κ2) is 11.2. The zero-order chi connectivity index (χ0) is 24.0. The van der Waals surface area contributed by atoms with E-state index in [2.05, 4.69) is 15.2 Å². The minimum absolute atomic E-state index is 0.0479. The van der Waals surface area contributed by atoms with E-state index >= 15 is 0 Å². The van der Waals surface area contributed by atoms with Crippen molar-refractivity contribution in [2.45, 2.75) is 56.5 Å². The summed E-state index contributed by atoms with van der Waals surface area (Å²) in [5, 5.41) is 15.2. The van der Waals surface area contributed by atoms with Crippen LogP contribution in [0, 0.1) is 5.92 Å². The minimum Gasteiger partial charge on any atom is -0.409 e. The van der Waals surface area contributed by atoms with E-state index in [-0.39, 0.29) is 16.6 Å². The molecule has 2 atom stereocenters. The number of amidine groups is 1. The summed E-state index contributed by atoms with van der Waals surface area (Å²) in [5.41, 5.74) is 0. The third kappa shape index (κ3) is 6.36. The first-order valence-corrected chi connectivity index (χ1v) is 13.4. The molecule has 1 aromatic carbocycles. The molecule has 0 unspecified atom stereocenters. The van der Waals surface area contributed by atoms with E-state index < -0.39 is 33.9 Å². The largest absolute Gasteiger partial charge is 0.409 e. The number of nitrogens with zero attached hydrogens (tertiary/aromatic N) is 2. The van der Waals surface area contributed by atoms with Crippen LogP contribution in [0.1, 0.15) is 39.5 Å². The third-order valence-corrected chi connectivity index (χ3v) is 8.07. The van der Waals surface area contributed by atoms with Crippen LogP contribution in [0.4, 0.5) is 0 Å². The Bertz CT molecular complexity index is 1020. The lowest BCUT2D eigenvalue weighted by molar-refractivity contribution is -0.139. The molecule has 0 spiro atoms. The van der Waals surface area contributed by atoms with E-state index in [4.69, 9.17) is 0 Å². The van der Waals surface area contributed by atoms with Crippen molar-refractivity contribution in [2.75, 3.05) is 12.3 Å². The molecule has 1 saturated heterocycles. The highest BCUT2D eigenvalue weighted by atomic mass is 32.2. The van der Waals surface area contributed by atoms with Crippen molar-refractivity contribution in [3.8, 4) is 0 Å². The molecule has 2 amide bonds. The van der Waals surface area contributed by atoms with Gasteiger partial charge in [-0.25, -0.2) is 8.42 Å². The van der Waals surface area contributed by atoms with Gasteiger partial charge >= 0.3 is 0 Å². The number of thioether (sulfide) groups is 1. The van der Waals surface area contributed by atoms with Crippen molar-refractivity contribution < 1.29 is 23.2 Å². The molecule has 180 valence electrons. The van der Waals surface area contributed by atoms with Gasteiger partial charge in [-0.2, -0.15) is 4.72 Å². The van der Waals surface area contributed by atoms with Gasteiger partial charge in [0.1, 0.15) is 12.1 Å². The first-order valence-electron chi connectivity index (χ1n) is 11.0. The molecule has 0 aliphatic carbocycles. The fraction of sp³-hybridized carbons (Fsp3) is 0.500. The Morgan fingerprint density at radius 2 is 2.00 bits per heavy atom. The van der Waals surface area contributed by atoms with Crippen molar-refractivity contribution in [3.63, 3.8) is 0 Å². The zero-order valence-electron chi connectivity index (χ0n) is 18.7. The third-order valence-electron chi connectivity index (χ3n) is 5.47. The second-order valence-electron chi connectivity index (χ2n) is 8.45. The number of nitrogens with one attached hydrogen (secondary N) is 2. The van der Waals surface area contributed by atoms with E-state index in [0.717, 1.165) is 12.2 Å². The van der Waals surface area contributed by atoms with Crippen molar-refractivity contribution in [1.29, 1.82) is 0 Å². The quantitative estimate of drug-likeness (QED) is 0.220. The summed E-state index contributed by atoms with van der Waals surface area (Å²) < 4.78 is 28.3. The highest BCUT2D eigenvalue weighted by Gasteiger charge is 2.39. The molecule has 2 aliphatic heterocycles. The molecule has 9 nitrogen and oxygen atoms in total. The van der Waals surface area contributed by atoms with E-state index in [1.807, 2.05) is 19.9 Å². The Balaban J connectivity index is 1.76. The number of carbonyl (C=O) groups excluding carboxylic acids is 2. The molecule has 2 aliphatic rings. The zero-order valence-corrected chi connectivity index (χ0v) is 20.4. The lowest BCUT2D eigenvalue weighted by Gasteiger charge is -2.29. The SMILES string of the molecule is CC(C)C[C@@H](NS(=O)(=O)c1ccccc1)C(=O)N1CCC[C@H]1C(=O)NC(=NO)C1=CCCS1. The summed E-state index contributed by atoms with van der Waals surface area (Å²) in [6.07, 6.45) is 4.06. The molecule has 1 aromatic rings. The van der Waals surface area contributed by atoms with Crippen LogP contribution >= 0.6 is 11.8 Å².